The Bertz CT molecular complexity index is 403. The molecule has 0 spiro atoms. The van der Waals surface area contributed by atoms with Crippen LogP contribution in [0.15, 0.2) is 24.3 Å². The Morgan fingerprint density at radius 1 is 1.18 bits per heavy atom. The summed E-state index contributed by atoms with van der Waals surface area (Å²) in [5, 5.41) is 0. The molecule has 17 heavy (non-hydrogen) atoms. The average Bonchev–Trinajstić information content (AvgIpc) is 2.69. The molecule has 0 radical (unpaired) electrons. The lowest BCUT2D eigenvalue weighted by atomic mass is 9.95. The molecule has 0 aromatic heterocycles. The highest BCUT2D eigenvalue weighted by Gasteiger charge is 2.66. The minimum absolute atomic E-state index is 0.173. The number of hydrogen-bond donors (Lipinski definition) is 1. The molecule has 0 aliphatic heterocycles. The normalized spacial score (nSPS) is 23.4. The monoisotopic (exact) mass is 231 g/mol. The maximum Gasteiger partial charge on any atom is 0.0334 e. The Hall–Kier alpha value is -0.820. The SMILES string of the molecule is CCc1cccc(C(N)C2C(C)(C)C2(C)C)c1. The summed E-state index contributed by atoms with van der Waals surface area (Å²) in [6.45, 7) is 11.5. The fourth-order valence-electron chi connectivity index (χ4n) is 3.36. The van der Waals surface area contributed by atoms with Gasteiger partial charge in [-0.3, -0.25) is 0 Å². The minimum Gasteiger partial charge on any atom is -0.324 e. The summed E-state index contributed by atoms with van der Waals surface area (Å²) in [5.74, 6) is 0.585. The summed E-state index contributed by atoms with van der Waals surface area (Å²) in [4.78, 5) is 0. The molecule has 1 saturated carbocycles. The molecule has 1 atom stereocenters. The maximum atomic E-state index is 6.48. The van der Waals surface area contributed by atoms with Gasteiger partial charge in [-0.1, -0.05) is 58.9 Å². The van der Waals surface area contributed by atoms with Crippen LogP contribution in [0.3, 0.4) is 0 Å². The molecule has 2 N–H and O–H groups in total. The molecule has 1 unspecified atom stereocenters. The summed E-state index contributed by atoms with van der Waals surface area (Å²) in [6.07, 6.45) is 1.08. The molecule has 1 fully saturated rings. The van der Waals surface area contributed by atoms with Crippen LogP contribution >= 0.6 is 0 Å². The molecular weight excluding hydrogens is 206 g/mol. The van der Waals surface area contributed by atoms with Gasteiger partial charge in [-0.2, -0.15) is 0 Å². The first-order valence-corrected chi connectivity index (χ1v) is 6.66. The van der Waals surface area contributed by atoms with Crippen LogP contribution in [0.4, 0.5) is 0 Å². The molecular formula is C16H25N. The first-order valence-electron chi connectivity index (χ1n) is 6.66. The van der Waals surface area contributed by atoms with Crippen molar-refractivity contribution < 1.29 is 0 Å². The van der Waals surface area contributed by atoms with E-state index in [1.54, 1.807) is 0 Å². The van der Waals surface area contributed by atoms with E-state index in [2.05, 4.69) is 58.9 Å². The Balaban J connectivity index is 2.24. The first-order chi connectivity index (χ1) is 7.82. The third-order valence-corrected chi connectivity index (χ3v) is 5.24. The minimum atomic E-state index is 0.173. The predicted molar refractivity (Wildman–Crippen MR) is 73.8 cm³/mol. The maximum absolute atomic E-state index is 6.48. The molecule has 1 aliphatic rings. The standard InChI is InChI=1S/C16H25N/c1-6-11-8-7-9-12(10-11)13(17)14-15(2,3)16(14,4)5/h7-10,13-14H,6,17H2,1-5H3. The third kappa shape index (κ3) is 1.81. The van der Waals surface area contributed by atoms with E-state index >= 15 is 0 Å². The third-order valence-electron chi connectivity index (χ3n) is 5.24. The molecule has 2 rings (SSSR count). The molecule has 1 heteroatoms. The van der Waals surface area contributed by atoms with Gasteiger partial charge in [0.05, 0.1) is 0 Å². The van der Waals surface area contributed by atoms with Gasteiger partial charge < -0.3 is 5.73 Å². The van der Waals surface area contributed by atoms with E-state index in [1.807, 2.05) is 0 Å². The van der Waals surface area contributed by atoms with E-state index in [0.717, 1.165) is 6.42 Å². The number of aryl methyl sites for hydroxylation is 1. The summed E-state index contributed by atoms with van der Waals surface area (Å²) < 4.78 is 0. The van der Waals surface area contributed by atoms with Crippen LogP contribution in [0, 0.1) is 16.7 Å². The van der Waals surface area contributed by atoms with Gasteiger partial charge in [-0.25, -0.2) is 0 Å². The van der Waals surface area contributed by atoms with E-state index < -0.39 is 0 Å². The van der Waals surface area contributed by atoms with Gasteiger partial charge in [-0.05, 0) is 34.3 Å². The van der Waals surface area contributed by atoms with Crippen molar-refractivity contribution in [1.29, 1.82) is 0 Å². The van der Waals surface area contributed by atoms with Gasteiger partial charge >= 0.3 is 0 Å². The van der Waals surface area contributed by atoms with Crippen LogP contribution in [0.25, 0.3) is 0 Å². The lowest BCUT2D eigenvalue weighted by molar-refractivity contribution is 0.457. The fraction of sp³-hybridized carbons (Fsp3) is 0.625. The van der Waals surface area contributed by atoms with Crippen LogP contribution in [0.2, 0.25) is 0 Å². The Kier molecular flexibility index (Phi) is 2.86. The van der Waals surface area contributed by atoms with Gasteiger partial charge in [0.25, 0.3) is 0 Å². The van der Waals surface area contributed by atoms with Crippen molar-refractivity contribution in [2.45, 2.75) is 47.1 Å². The number of benzene rings is 1. The van der Waals surface area contributed by atoms with Crippen LogP contribution in [-0.4, -0.2) is 0 Å². The summed E-state index contributed by atoms with van der Waals surface area (Å²) in [7, 11) is 0. The van der Waals surface area contributed by atoms with Gasteiger partial charge in [-0.15, -0.1) is 0 Å². The first kappa shape index (κ1) is 12.6. The number of rotatable bonds is 3. The van der Waals surface area contributed by atoms with Crippen LogP contribution in [0.1, 0.15) is 51.8 Å². The molecule has 94 valence electrons. The zero-order valence-corrected chi connectivity index (χ0v) is 11.7. The van der Waals surface area contributed by atoms with E-state index in [1.165, 1.54) is 11.1 Å². The molecule has 1 aromatic rings. The van der Waals surface area contributed by atoms with Gasteiger partial charge in [0, 0.05) is 6.04 Å². The van der Waals surface area contributed by atoms with E-state index in [0.29, 0.717) is 16.7 Å². The van der Waals surface area contributed by atoms with Crippen LogP contribution in [0.5, 0.6) is 0 Å². The van der Waals surface area contributed by atoms with E-state index in [-0.39, 0.29) is 6.04 Å². The predicted octanol–water partition coefficient (Wildman–Crippen LogP) is 3.93. The quantitative estimate of drug-likeness (QED) is 0.838. The van der Waals surface area contributed by atoms with Crippen molar-refractivity contribution in [3.8, 4) is 0 Å². The van der Waals surface area contributed by atoms with Gasteiger partial charge in [0.15, 0.2) is 0 Å². The van der Waals surface area contributed by atoms with Crippen molar-refractivity contribution in [2.75, 3.05) is 0 Å². The Morgan fingerprint density at radius 2 is 1.76 bits per heavy atom. The zero-order chi connectivity index (χ0) is 12.8. The molecule has 0 heterocycles. The van der Waals surface area contributed by atoms with E-state index in [9.17, 15) is 0 Å². The van der Waals surface area contributed by atoms with Crippen LogP contribution in [-0.2, 0) is 6.42 Å². The smallest absolute Gasteiger partial charge is 0.0334 e. The zero-order valence-electron chi connectivity index (χ0n) is 11.7. The summed E-state index contributed by atoms with van der Waals surface area (Å²) in [6, 6.07) is 8.94. The van der Waals surface area contributed by atoms with Crippen molar-refractivity contribution in [2.24, 2.45) is 22.5 Å². The lowest BCUT2D eigenvalue weighted by Gasteiger charge is -2.15. The molecule has 1 aliphatic carbocycles. The van der Waals surface area contributed by atoms with Crippen molar-refractivity contribution >= 4 is 0 Å². The lowest BCUT2D eigenvalue weighted by Crippen LogP contribution is -2.16. The molecule has 0 saturated heterocycles. The highest BCUT2D eigenvalue weighted by molar-refractivity contribution is 5.30. The Morgan fingerprint density at radius 3 is 2.24 bits per heavy atom. The molecule has 0 bridgehead atoms. The molecule has 1 aromatic carbocycles. The second kappa shape index (κ2) is 3.84. The molecule has 0 amide bonds. The second-order valence-corrected chi connectivity index (χ2v) is 6.55. The number of hydrogen-bond acceptors (Lipinski definition) is 1. The van der Waals surface area contributed by atoms with Gasteiger partial charge in [0.2, 0.25) is 0 Å². The van der Waals surface area contributed by atoms with Crippen molar-refractivity contribution in [1.82, 2.24) is 0 Å². The van der Waals surface area contributed by atoms with E-state index in [4.69, 9.17) is 5.73 Å². The largest absolute Gasteiger partial charge is 0.324 e. The van der Waals surface area contributed by atoms with Crippen LogP contribution < -0.4 is 5.73 Å². The highest BCUT2D eigenvalue weighted by Crippen LogP contribution is 2.71. The second-order valence-electron chi connectivity index (χ2n) is 6.55. The topological polar surface area (TPSA) is 26.0 Å². The summed E-state index contributed by atoms with van der Waals surface area (Å²) in [5.41, 5.74) is 9.87. The Labute approximate surface area is 105 Å². The fourth-order valence-corrected chi connectivity index (χ4v) is 3.36. The summed E-state index contributed by atoms with van der Waals surface area (Å²) >= 11 is 0. The highest BCUT2D eigenvalue weighted by atomic mass is 14.8. The van der Waals surface area contributed by atoms with Crippen molar-refractivity contribution in [3.05, 3.63) is 35.4 Å². The van der Waals surface area contributed by atoms with Gasteiger partial charge in [0.1, 0.15) is 0 Å². The van der Waals surface area contributed by atoms with Crippen molar-refractivity contribution in [3.63, 3.8) is 0 Å². The number of nitrogens with two attached hydrogens (primary N) is 1. The molecule has 1 nitrogen and oxygen atoms in total. The average molecular weight is 231 g/mol.